The van der Waals surface area contributed by atoms with Gasteiger partial charge in [0.2, 0.25) is 0 Å². The Kier molecular flexibility index (Phi) is 1.46. The highest BCUT2D eigenvalue weighted by Crippen LogP contribution is 2.42. The van der Waals surface area contributed by atoms with Crippen LogP contribution in [0.3, 0.4) is 0 Å². The first kappa shape index (κ1) is 7.17. The van der Waals surface area contributed by atoms with E-state index < -0.39 is 0 Å². The highest BCUT2D eigenvalue weighted by molar-refractivity contribution is 7.99. The minimum absolute atomic E-state index is 0.328. The van der Waals surface area contributed by atoms with Crippen LogP contribution in [0.25, 0.3) is 0 Å². The third-order valence-corrected chi connectivity index (χ3v) is 3.63. The number of nitrogens with zero attached hydrogens (tertiary/aromatic N) is 1. The van der Waals surface area contributed by atoms with Gasteiger partial charge in [-0.1, -0.05) is 13.8 Å². The van der Waals surface area contributed by atoms with Crippen LogP contribution in [0.5, 0.6) is 0 Å². The molecule has 0 aliphatic carbocycles. The number of aromatic nitrogens is 1. The summed E-state index contributed by atoms with van der Waals surface area (Å²) < 4.78 is 0. The van der Waals surface area contributed by atoms with Gasteiger partial charge in [0.15, 0.2) is 0 Å². The van der Waals surface area contributed by atoms with Crippen molar-refractivity contribution in [3.63, 3.8) is 0 Å². The molecule has 0 saturated heterocycles. The van der Waals surface area contributed by atoms with Crippen LogP contribution in [-0.4, -0.2) is 10.7 Å². The number of rotatable bonds is 0. The smallest absolute Gasteiger partial charge is 0.0316 e. The molecule has 1 aromatic heterocycles. The predicted octanol–water partition coefficient (Wildman–Crippen LogP) is 2.46. The van der Waals surface area contributed by atoms with Crippen LogP contribution >= 0.6 is 11.8 Å². The molecule has 0 radical (unpaired) electrons. The van der Waals surface area contributed by atoms with Crippen LogP contribution in [0.4, 0.5) is 0 Å². The lowest BCUT2D eigenvalue weighted by Crippen LogP contribution is -2.15. The van der Waals surface area contributed by atoms with Gasteiger partial charge < -0.3 is 0 Å². The zero-order valence-corrected chi connectivity index (χ0v) is 7.61. The van der Waals surface area contributed by atoms with Crippen LogP contribution in [-0.2, 0) is 5.41 Å². The van der Waals surface area contributed by atoms with E-state index in [2.05, 4.69) is 24.9 Å². The van der Waals surface area contributed by atoms with Gasteiger partial charge in [-0.3, -0.25) is 4.98 Å². The predicted molar refractivity (Wildman–Crippen MR) is 48.0 cm³/mol. The molecule has 0 bridgehead atoms. The highest BCUT2D eigenvalue weighted by atomic mass is 32.2. The number of thioether (sulfide) groups is 1. The van der Waals surface area contributed by atoms with Crippen LogP contribution < -0.4 is 0 Å². The van der Waals surface area contributed by atoms with Gasteiger partial charge in [-0.2, -0.15) is 0 Å². The van der Waals surface area contributed by atoms with Crippen LogP contribution in [0.15, 0.2) is 23.4 Å². The maximum atomic E-state index is 4.14. The zero-order chi connectivity index (χ0) is 7.90. The van der Waals surface area contributed by atoms with E-state index in [1.165, 1.54) is 16.2 Å². The lowest BCUT2D eigenvalue weighted by atomic mass is 9.88. The highest BCUT2D eigenvalue weighted by Gasteiger charge is 2.30. The summed E-state index contributed by atoms with van der Waals surface area (Å²) in [6.45, 7) is 4.54. The van der Waals surface area contributed by atoms with Gasteiger partial charge in [-0.05, 0) is 11.6 Å². The van der Waals surface area contributed by atoms with Crippen LogP contribution in [0.2, 0.25) is 0 Å². The van der Waals surface area contributed by atoms with Gasteiger partial charge >= 0.3 is 0 Å². The normalized spacial score (nSPS) is 19.8. The zero-order valence-electron chi connectivity index (χ0n) is 6.79. The SMILES string of the molecule is CC1(C)CSc2ccncc21. The summed E-state index contributed by atoms with van der Waals surface area (Å²) >= 11 is 1.93. The molecule has 2 rings (SSSR count). The van der Waals surface area contributed by atoms with Gasteiger partial charge in [0.05, 0.1) is 0 Å². The Balaban J connectivity index is 2.56. The number of fused-ring (bicyclic) bond motifs is 1. The van der Waals surface area contributed by atoms with Gasteiger partial charge in [0.25, 0.3) is 0 Å². The second kappa shape index (κ2) is 2.24. The fourth-order valence-electron chi connectivity index (χ4n) is 1.35. The summed E-state index contributed by atoms with van der Waals surface area (Å²) in [6, 6.07) is 2.11. The molecule has 0 saturated carbocycles. The van der Waals surface area contributed by atoms with Crippen molar-refractivity contribution < 1.29 is 0 Å². The van der Waals surface area contributed by atoms with Crippen molar-refractivity contribution in [1.82, 2.24) is 4.98 Å². The third-order valence-electron chi connectivity index (χ3n) is 2.10. The fourth-order valence-corrected chi connectivity index (χ4v) is 2.67. The molecule has 1 nitrogen and oxygen atoms in total. The molecular formula is C9H11NS. The van der Waals surface area contributed by atoms with Gasteiger partial charge in [-0.25, -0.2) is 0 Å². The molecule has 1 aromatic rings. The summed E-state index contributed by atoms with van der Waals surface area (Å²) in [6.07, 6.45) is 3.86. The molecule has 58 valence electrons. The molecule has 11 heavy (non-hydrogen) atoms. The average Bonchev–Trinajstić information content (AvgIpc) is 2.29. The van der Waals surface area contributed by atoms with Crippen LogP contribution in [0.1, 0.15) is 19.4 Å². The molecule has 0 N–H and O–H groups in total. The lowest BCUT2D eigenvalue weighted by molar-refractivity contribution is 0.601. The molecule has 2 heteroatoms. The Morgan fingerprint density at radius 1 is 1.55 bits per heavy atom. The first-order valence-corrected chi connectivity index (χ1v) is 4.76. The fraction of sp³-hybridized carbons (Fsp3) is 0.444. The van der Waals surface area contributed by atoms with E-state index in [0.717, 1.165) is 0 Å². The number of hydrogen-bond donors (Lipinski definition) is 0. The molecule has 2 heterocycles. The van der Waals surface area contributed by atoms with E-state index in [1.807, 2.05) is 24.2 Å². The Hall–Kier alpha value is -0.500. The van der Waals surface area contributed by atoms with Crippen molar-refractivity contribution in [2.45, 2.75) is 24.2 Å². The quantitative estimate of drug-likeness (QED) is 0.585. The molecule has 0 spiro atoms. The van der Waals surface area contributed by atoms with Gasteiger partial charge in [-0.15, -0.1) is 11.8 Å². The van der Waals surface area contributed by atoms with E-state index in [9.17, 15) is 0 Å². The molecule has 0 atom stereocenters. The standard InChI is InChI=1S/C9H11NS/c1-9(2)6-11-8-3-4-10-5-7(8)9/h3-5H,6H2,1-2H3. The van der Waals surface area contributed by atoms with Crippen molar-refractivity contribution in [3.8, 4) is 0 Å². The van der Waals surface area contributed by atoms with Crippen LogP contribution in [0, 0.1) is 0 Å². The molecule has 0 fully saturated rings. The van der Waals surface area contributed by atoms with Crippen molar-refractivity contribution in [3.05, 3.63) is 24.0 Å². The van der Waals surface area contributed by atoms with Crippen molar-refractivity contribution in [1.29, 1.82) is 0 Å². The van der Waals surface area contributed by atoms with Crippen molar-refractivity contribution in [2.24, 2.45) is 0 Å². The lowest BCUT2D eigenvalue weighted by Gasteiger charge is -2.16. The Labute approximate surface area is 71.2 Å². The third kappa shape index (κ3) is 1.06. The van der Waals surface area contributed by atoms with E-state index >= 15 is 0 Å². The Bertz CT molecular complexity index is 281. The molecule has 0 amide bonds. The van der Waals surface area contributed by atoms with E-state index in [0.29, 0.717) is 5.41 Å². The van der Waals surface area contributed by atoms with E-state index in [1.54, 1.807) is 0 Å². The number of hydrogen-bond acceptors (Lipinski definition) is 2. The second-order valence-corrected chi connectivity index (χ2v) is 4.56. The first-order chi connectivity index (χ1) is 5.20. The maximum Gasteiger partial charge on any atom is 0.0316 e. The molecule has 0 unspecified atom stereocenters. The van der Waals surface area contributed by atoms with Crippen molar-refractivity contribution in [2.75, 3.05) is 5.75 Å². The molecular weight excluding hydrogens is 154 g/mol. The topological polar surface area (TPSA) is 12.9 Å². The molecule has 1 aliphatic rings. The molecule has 0 aromatic carbocycles. The minimum atomic E-state index is 0.328. The van der Waals surface area contributed by atoms with Crippen molar-refractivity contribution >= 4 is 11.8 Å². The van der Waals surface area contributed by atoms with Gasteiger partial charge in [0.1, 0.15) is 0 Å². The Morgan fingerprint density at radius 2 is 2.36 bits per heavy atom. The second-order valence-electron chi connectivity index (χ2n) is 3.54. The van der Waals surface area contributed by atoms with E-state index in [4.69, 9.17) is 0 Å². The number of pyridine rings is 1. The van der Waals surface area contributed by atoms with Gasteiger partial charge in [0, 0.05) is 28.5 Å². The molecule has 1 aliphatic heterocycles. The summed E-state index contributed by atoms with van der Waals surface area (Å²) in [7, 11) is 0. The monoisotopic (exact) mass is 165 g/mol. The first-order valence-electron chi connectivity index (χ1n) is 3.77. The van der Waals surface area contributed by atoms with E-state index in [-0.39, 0.29) is 0 Å². The summed E-state index contributed by atoms with van der Waals surface area (Å²) in [5.41, 5.74) is 1.74. The minimum Gasteiger partial charge on any atom is -0.264 e. The summed E-state index contributed by atoms with van der Waals surface area (Å²) in [4.78, 5) is 5.55. The summed E-state index contributed by atoms with van der Waals surface area (Å²) in [5.74, 6) is 1.19. The maximum absolute atomic E-state index is 4.14. The largest absolute Gasteiger partial charge is 0.264 e. The average molecular weight is 165 g/mol. The summed E-state index contributed by atoms with van der Waals surface area (Å²) in [5, 5.41) is 0. The Morgan fingerprint density at radius 3 is 3.09 bits per heavy atom.